The lowest BCUT2D eigenvalue weighted by molar-refractivity contribution is -0.133. The van der Waals surface area contributed by atoms with Crippen LogP contribution >= 0.6 is 0 Å². The standard InChI is InChI=1S/C28H30F2N4O4/c1-28-16-21-20-15-19(38-26(29)30)8-9-22(20)31-23(21)24(17-6-4-7-18(35)14-17)34(28)27(37)33(25(28)36)13-5-12-32-10-2-3-11-32/h4,6-9,14-15,24,26,31,35H,2-3,5,10-13,16H2,1H3/t24-,28+/m1/s1. The molecule has 3 amide bonds. The number of hydrogen-bond donors (Lipinski definition) is 2. The summed E-state index contributed by atoms with van der Waals surface area (Å²) in [4.78, 5) is 36.5. The van der Waals surface area contributed by atoms with Crippen LogP contribution in [-0.4, -0.2) is 75.1 Å². The van der Waals surface area contributed by atoms with Crippen LogP contribution in [0.15, 0.2) is 42.5 Å². The minimum Gasteiger partial charge on any atom is -0.508 e. The molecule has 10 heteroatoms. The lowest BCUT2D eigenvalue weighted by atomic mass is 9.81. The number of amides is 3. The Morgan fingerprint density at radius 2 is 1.92 bits per heavy atom. The number of urea groups is 1. The number of H-pyrrole nitrogens is 1. The highest BCUT2D eigenvalue weighted by atomic mass is 19.3. The minimum absolute atomic E-state index is 0.0214. The van der Waals surface area contributed by atoms with E-state index in [9.17, 15) is 23.5 Å². The summed E-state index contributed by atoms with van der Waals surface area (Å²) in [5, 5.41) is 10.9. The fourth-order valence-electron chi connectivity index (χ4n) is 6.37. The Labute approximate surface area is 218 Å². The van der Waals surface area contributed by atoms with Crippen molar-refractivity contribution >= 4 is 22.8 Å². The molecule has 1 aromatic heterocycles. The Balaban J connectivity index is 1.42. The van der Waals surface area contributed by atoms with Crippen LogP contribution in [-0.2, 0) is 11.2 Å². The fourth-order valence-corrected chi connectivity index (χ4v) is 6.37. The number of carbonyl (C=O) groups is 2. The maximum absolute atomic E-state index is 13.9. The summed E-state index contributed by atoms with van der Waals surface area (Å²) in [6, 6.07) is 10.3. The number of nitrogens with one attached hydrogen (secondary N) is 1. The number of rotatable bonds is 7. The van der Waals surface area contributed by atoms with Crippen molar-refractivity contribution in [2.24, 2.45) is 0 Å². The van der Waals surface area contributed by atoms with Gasteiger partial charge in [-0.15, -0.1) is 0 Å². The Bertz CT molecular complexity index is 1400. The summed E-state index contributed by atoms with van der Waals surface area (Å²) >= 11 is 0. The van der Waals surface area contributed by atoms with Gasteiger partial charge in [0.25, 0.3) is 5.91 Å². The maximum atomic E-state index is 13.9. The first-order valence-corrected chi connectivity index (χ1v) is 13.0. The van der Waals surface area contributed by atoms with Crippen LogP contribution in [0, 0.1) is 0 Å². The zero-order chi connectivity index (χ0) is 26.6. The maximum Gasteiger partial charge on any atom is 0.387 e. The lowest BCUT2D eigenvalue weighted by Gasteiger charge is -2.42. The zero-order valence-corrected chi connectivity index (χ0v) is 21.1. The number of alkyl halides is 2. The van der Waals surface area contributed by atoms with E-state index < -0.39 is 18.2 Å². The first-order chi connectivity index (χ1) is 18.3. The molecule has 38 heavy (non-hydrogen) atoms. The van der Waals surface area contributed by atoms with Gasteiger partial charge in [0, 0.05) is 29.6 Å². The smallest absolute Gasteiger partial charge is 0.387 e. The van der Waals surface area contributed by atoms with Crippen LogP contribution in [0.25, 0.3) is 10.9 Å². The molecular formula is C28H30F2N4O4. The second-order valence-corrected chi connectivity index (χ2v) is 10.6. The van der Waals surface area contributed by atoms with Crippen molar-refractivity contribution in [2.75, 3.05) is 26.2 Å². The summed E-state index contributed by atoms with van der Waals surface area (Å²) < 4.78 is 30.5. The van der Waals surface area contributed by atoms with E-state index >= 15 is 0 Å². The van der Waals surface area contributed by atoms with E-state index in [4.69, 9.17) is 0 Å². The van der Waals surface area contributed by atoms with E-state index in [-0.39, 0.29) is 29.9 Å². The van der Waals surface area contributed by atoms with Crippen molar-refractivity contribution < 1.29 is 28.2 Å². The number of phenolic OH excluding ortho intramolecular Hbond substituents is 1. The predicted molar refractivity (Wildman–Crippen MR) is 136 cm³/mol. The molecule has 0 spiro atoms. The van der Waals surface area contributed by atoms with Crippen LogP contribution in [0.5, 0.6) is 11.5 Å². The van der Waals surface area contributed by atoms with Gasteiger partial charge in [-0.1, -0.05) is 12.1 Å². The quantitative estimate of drug-likeness (QED) is 0.440. The van der Waals surface area contributed by atoms with Gasteiger partial charge < -0.3 is 19.7 Å². The number of aromatic hydroxyl groups is 1. The predicted octanol–water partition coefficient (Wildman–Crippen LogP) is 4.63. The van der Waals surface area contributed by atoms with E-state index in [1.54, 1.807) is 42.2 Å². The topological polar surface area (TPSA) is 89.1 Å². The third-order valence-corrected chi connectivity index (χ3v) is 8.10. The molecule has 8 nitrogen and oxygen atoms in total. The van der Waals surface area contributed by atoms with Gasteiger partial charge in [-0.3, -0.25) is 14.6 Å². The van der Waals surface area contributed by atoms with Gasteiger partial charge in [0.2, 0.25) is 0 Å². The van der Waals surface area contributed by atoms with Crippen molar-refractivity contribution in [3.05, 3.63) is 59.3 Å². The number of carbonyl (C=O) groups excluding carboxylic acids is 2. The third kappa shape index (κ3) is 3.98. The fraction of sp³-hybridized carbons (Fsp3) is 0.429. The number of imide groups is 1. The number of nitrogens with zero attached hydrogens (tertiary/aromatic N) is 3. The van der Waals surface area contributed by atoms with E-state index in [2.05, 4.69) is 14.6 Å². The first kappa shape index (κ1) is 24.7. The van der Waals surface area contributed by atoms with Gasteiger partial charge in [-0.2, -0.15) is 8.78 Å². The molecule has 0 saturated carbocycles. The molecule has 0 radical (unpaired) electrons. The Hall–Kier alpha value is -3.66. The number of aromatic nitrogens is 1. The number of ether oxygens (including phenoxy) is 1. The number of hydrogen-bond acceptors (Lipinski definition) is 5. The van der Waals surface area contributed by atoms with Gasteiger partial charge in [0.05, 0.1) is 0 Å². The molecule has 2 saturated heterocycles. The highest BCUT2D eigenvalue weighted by Crippen LogP contribution is 2.49. The van der Waals surface area contributed by atoms with Gasteiger partial charge in [0.1, 0.15) is 23.1 Å². The molecule has 0 aliphatic carbocycles. The summed E-state index contributed by atoms with van der Waals surface area (Å²) in [5.74, 6) is -0.206. The van der Waals surface area contributed by atoms with E-state index in [1.165, 1.54) is 23.8 Å². The molecule has 2 aromatic carbocycles. The van der Waals surface area contributed by atoms with Crippen LogP contribution < -0.4 is 4.74 Å². The molecule has 0 unspecified atom stereocenters. The molecule has 200 valence electrons. The number of benzene rings is 2. The summed E-state index contributed by atoms with van der Waals surface area (Å²) in [6.45, 7) is 2.06. The molecule has 6 rings (SSSR count). The second kappa shape index (κ2) is 9.27. The molecule has 0 bridgehead atoms. The zero-order valence-electron chi connectivity index (χ0n) is 21.1. The van der Waals surface area contributed by atoms with Crippen LogP contribution in [0.2, 0.25) is 0 Å². The third-order valence-electron chi connectivity index (χ3n) is 8.10. The molecular weight excluding hydrogens is 494 g/mol. The van der Waals surface area contributed by atoms with Gasteiger partial charge >= 0.3 is 12.6 Å². The number of halogens is 2. The van der Waals surface area contributed by atoms with Crippen LogP contribution in [0.1, 0.15) is 49.0 Å². The van der Waals surface area contributed by atoms with Crippen molar-refractivity contribution in [1.29, 1.82) is 0 Å². The highest BCUT2D eigenvalue weighted by Gasteiger charge is 2.60. The van der Waals surface area contributed by atoms with Crippen molar-refractivity contribution in [3.8, 4) is 11.5 Å². The van der Waals surface area contributed by atoms with E-state index in [0.717, 1.165) is 25.2 Å². The Morgan fingerprint density at radius 1 is 1.13 bits per heavy atom. The normalized spacial score (nSPS) is 23.5. The highest BCUT2D eigenvalue weighted by molar-refractivity contribution is 6.08. The average Bonchev–Trinajstić information content (AvgIpc) is 3.56. The first-order valence-electron chi connectivity index (χ1n) is 13.0. The van der Waals surface area contributed by atoms with Crippen molar-refractivity contribution in [2.45, 2.75) is 50.8 Å². The van der Waals surface area contributed by atoms with Crippen LogP contribution in [0.4, 0.5) is 13.6 Å². The number of aromatic amines is 1. The lowest BCUT2D eigenvalue weighted by Crippen LogP contribution is -2.53. The van der Waals surface area contributed by atoms with Crippen molar-refractivity contribution in [3.63, 3.8) is 0 Å². The van der Waals surface area contributed by atoms with Gasteiger partial charge in [-0.05, 0) is 87.3 Å². The average molecular weight is 525 g/mol. The van der Waals surface area contributed by atoms with E-state index in [0.29, 0.717) is 35.1 Å². The molecule has 2 fully saturated rings. The Kier molecular flexibility index (Phi) is 6.02. The monoisotopic (exact) mass is 524 g/mol. The number of phenols is 1. The second-order valence-electron chi connectivity index (χ2n) is 10.6. The van der Waals surface area contributed by atoms with Crippen LogP contribution in [0.3, 0.4) is 0 Å². The summed E-state index contributed by atoms with van der Waals surface area (Å²) in [6.07, 6.45) is 3.27. The molecule has 3 aliphatic heterocycles. The molecule has 4 heterocycles. The Morgan fingerprint density at radius 3 is 2.66 bits per heavy atom. The molecule has 2 N–H and O–H groups in total. The van der Waals surface area contributed by atoms with Crippen molar-refractivity contribution in [1.82, 2.24) is 19.7 Å². The van der Waals surface area contributed by atoms with Gasteiger partial charge in [0.15, 0.2) is 0 Å². The summed E-state index contributed by atoms with van der Waals surface area (Å²) in [7, 11) is 0. The summed E-state index contributed by atoms with van der Waals surface area (Å²) in [5.41, 5.74) is 1.62. The van der Waals surface area contributed by atoms with Gasteiger partial charge in [-0.25, -0.2) is 4.79 Å². The number of fused-ring (bicyclic) bond motifs is 4. The largest absolute Gasteiger partial charge is 0.508 e. The molecule has 3 aliphatic rings. The number of likely N-dealkylation sites (tertiary alicyclic amines) is 1. The molecule has 2 atom stereocenters. The minimum atomic E-state index is -2.96. The van der Waals surface area contributed by atoms with E-state index in [1.807, 2.05) is 6.07 Å². The SMILES string of the molecule is C[C@@]12Cc3c([nH]c4ccc(OC(F)F)cc34)[C@@H](c3cccc(O)c3)N1C(=O)N(CCCN1CCCC1)C2=O. The molecule has 3 aromatic rings.